The lowest BCUT2D eigenvalue weighted by molar-refractivity contribution is 1.15. The predicted molar refractivity (Wildman–Crippen MR) is 54.7 cm³/mol. The minimum absolute atomic E-state index is 0.441. The fourth-order valence-electron chi connectivity index (χ4n) is 0.672. The molecule has 0 aliphatic carbocycles. The Morgan fingerprint density at radius 1 is 1.55 bits per heavy atom. The number of hydrogen-bond acceptors (Lipinski definition) is 1. The van der Waals surface area contributed by atoms with Crippen LogP contribution >= 0.6 is 34.2 Å². The molecule has 1 nitrogen and oxygen atoms in total. The van der Waals surface area contributed by atoms with E-state index >= 15 is 0 Å². The van der Waals surface area contributed by atoms with E-state index in [2.05, 4.69) is 14.8 Å². The molecule has 0 saturated heterocycles. The maximum absolute atomic E-state index is 5.59. The highest BCUT2D eigenvalue weighted by Gasteiger charge is 1.91. The Labute approximate surface area is 84.3 Å². The lowest BCUT2D eigenvalue weighted by Gasteiger charge is -1.93. The molecule has 0 amide bonds. The van der Waals surface area contributed by atoms with E-state index < -0.39 is 0 Å². The molecular formula is C8H5ClIN. The van der Waals surface area contributed by atoms with Crippen LogP contribution in [-0.2, 0) is 5.88 Å². The minimum Gasteiger partial charge on any atom is -0.243 e. The molecule has 56 valence electrons. The van der Waals surface area contributed by atoms with Crippen molar-refractivity contribution in [1.29, 1.82) is 0 Å². The van der Waals surface area contributed by atoms with Gasteiger partial charge in [-0.1, -0.05) is 6.07 Å². The van der Waals surface area contributed by atoms with Crippen molar-refractivity contribution in [1.82, 2.24) is 4.98 Å². The summed E-state index contributed by atoms with van der Waals surface area (Å²) in [6.45, 7) is 0. The molecule has 0 spiro atoms. The molecule has 0 unspecified atom stereocenters. The summed E-state index contributed by atoms with van der Waals surface area (Å²) >= 11 is 7.57. The van der Waals surface area contributed by atoms with Crippen LogP contribution in [0.15, 0.2) is 18.2 Å². The topological polar surface area (TPSA) is 12.9 Å². The molecule has 0 aliphatic heterocycles. The highest BCUT2D eigenvalue weighted by atomic mass is 127. The average molecular weight is 277 g/mol. The Balaban J connectivity index is 2.97. The van der Waals surface area contributed by atoms with Crippen molar-refractivity contribution in [3.05, 3.63) is 29.6 Å². The fraction of sp³-hybridized carbons (Fsp3) is 0.125. The number of halogens is 2. The van der Waals surface area contributed by atoms with Crippen LogP contribution < -0.4 is 0 Å². The summed E-state index contributed by atoms with van der Waals surface area (Å²) in [6.07, 6.45) is 0. The Morgan fingerprint density at radius 2 is 2.36 bits per heavy atom. The molecular weight excluding hydrogens is 272 g/mol. The second-order valence-electron chi connectivity index (χ2n) is 1.87. The van der Waals surface area contributed by atoms with E-state index in [-0.39, 0.29) is 0 Å². The smallest absolute Gasteiger partial charge is 0.114 e. The van der Waals surface area contributed by atoms with E-state index in [0.717, 1.165) is 11.4 Å². The summed E-state index contributed by atoms with van der Waals surface area (Å²) in [5.74, 6) is 3.29. The maximum atomic E-state index is 5.59. The average Bonchev–Trinajstić information content (AvgIpc) is 2.06. The Morgan fingerprint density at radius 3 is 3.00 bits per heavy atom. The van der Waals surface area contributed by atoms with Gasteiger partial charge in [0.05, 0.1) is 11.6 Å². The first-order chi connectivity index (χ1) is 5.36. The molecule has 0 atom stereocenters. The number of nitrogens with zero attached hydrogens (tertiary/aromatic N) is 1. The van der Waals surface area contributed by atoms with Crippen LogP contribution in [0.1, 0.15) is 11.4 Å². The van der Waals surface area contributed by atoms with Gasteiger partial charge in [-0.05, 0) is 22.0 Å². The van der Waals surface area contributed by atoms with Crippen molar-refractivity contribution < 1.29 is 0 Å². The molecule has 3 heteroatoms. The first-order valence-electron chi connectivity index (χ1n) is 3.00. The number of rotatable bonds is 1. The lowest BCUT2D eigenvalue weighted by atomic mass is 10.3. The molecule has 0 bridgehead atoms. The normalized spacial score (nSPS) is 8.55. The molecule has 1 rings (SSSR count). The summed E-state index contributed by atoms with van der Waals surface area (Å²) < 4.78 is 2.75. The van der Waals surface area contributed by atoms with Crippen LogP contribution in [0.5, 0.6) is 0 Å². The van der Waals surface area contributed by atoms with Gasteiger partial charge in [0, 0.05) is 22.6 Å². The Kier molecular flexibility index (Phi) is 3.67. The third kappa shape index (κ3) is 2.68. The van der Waals surface area contributed by atoms with Gasteiger partial charge in [0.25, 0.3) is 0 Å². The van der Waals surface area contributed by atoms with Crippen molar-refractivity contribution in [3.8, 4) is 9.85 Å². The summed E-state index contributed by atoms with van der Waals surface area (Å²) in [6, 6.07) is 5.65. The van der Waals surface area contributed by atoms with E-state index in [4.69, 9.17) is 11.6 Å². The first-order valence-corrected chi connectivity index (χ1v) is 4.61. The van der Waals surface area contributed by atoms with Gasteiger partial charge in [0.1, 0.15) is 5.69 Å². The Bertz CT molecular complexity index is 300. The minimum atomic E-state index is 0.441. The fourth-order valence-corrected chi connectivity index (χ4v) is 1.10. The van der Waals surface area contributed by atoms with Gasteiger partial charge in [-0.25, -0.2) is 4.98 Å². The third-order valence-electron chi connectivity index (χ3n) is 1.12. The van der Waals surface area contributed by atoms with Crippen molar-refractivity contribution >= 4 is 34.2 Å². The first kappa shape index (κ1) is 8.82. The number of aromatic nitrogens is 1. The highest BCUT2D eigenvalue weighted by molar-refractivity contribution is 14.1. The van der Waals surface area contributed by atoms with E-state index in [1.54, 1.807) is 0 Å². The number of hydrogen-bond donors (Lipinski definition) is 0. The number of pyridine rings is 1. The monoisotopic (exact) mass is 277 g/mol. The molecule has 0 saturated carbocycles. The molecule has 0 radical (unpaired) electrons. The van der Waals surface area contributed by atoms with Gasteiger partial charge in [-0.15, -0.1) is 11.6 Å². The van der Waals surface area contributed by atoms with Crippen molar-refractivity contribution in [3.63, 3.8) is 0 Å². The molecule has 0 N–H and O–H groups in total. The molecule has 11 heavy (non-hydrogen) atoms. The quantitative estimate of drug-likeness (QED) is 0.437. The summed E-state index contributed by atoms with van der Waals surface area (Å²) in [7, 11) is 0. The van der Waals surface area contributed by atoms with E-state index in [9.17, 15) is 0 Å². The van der Waals surface area contributed by atoms with E-state index in [1.165, 1.54) is 0 Å². The number of alkyl halides is 1. The van der Waals surface area contributed by atoms with Crippen LogP contribution in [0, 0.1) is 9.85 Å². The standard InChI is InChI=1S/C8H5ClIN/c9-6-8-3-1-2-7(11-8)4-5-10/h1-3H,6H2. The van der Waals surface area contributed by atoms with Crippen LogP contribution in [0.4, 0.5) is 0 Å². The molecule has 0 aromatic carbocycles. The third-order valence-corrected chi connectivity index (χ3v) is 1.66. The van der Waals surface area contributed by atoms with Gasteiger partial charge >= 0.3 is 0 Å². The van der Waals surface area contributed by atoms with Crippen LogP contribution in [-0.4, -0.2) is 4.98 Å². The molecule has 1 aromatic heterocycles. The molecule has 0 fully saturated rings. The van der Waals surface area contributed by atoms with Gasteiger partial charge in [0.2, 0.25) is 0 Å². The zero-order chi connectivity index (χ0) is 8.10. The molecule has 0 aliphatic rings. The Hall–Kier alpha value is -0.270. The van der Waals surface area contributed by atoms with Gasteiger partial charge in [-0.3, -0.25) is 0 Å². The summed E-state index contributed by atoms with van der Waals surface area (Å²) in [5.41, 5.74) is 1.64. The highest BCUT2D eigenvalue weighted by Crippen LogP contribution is 2.01. The zero-order valence-electron chi connectivity index (χ0n) is 5.64. The van der Waals surface area contributed by atoms with Gasteiger partial charge in [-0.2, -0.15) is 0 Å². The van der Waals surface area contributed by atoms with Crippen LogP contribution in [0.25, 0.3) is 0 Å². The molecule has 1 heterocycles. The summed E-state index contributed by atoms with van der Waals surface area (Å²) in [5, 5.41) is 0. The van der Waals surface area contributed by atoms with Gasteiger partial charge < -0.3 is 0 Å². The van der Waals surface area contributed by atoms with Crippen LogP contribution in [0.2, 0.25) is 0 Å². The SMILES string of the molecule is ClCc1cccc(C#CI)n1. The summed E-state index contributed by atoms with van der Waals surface area (Å²) in [4.78, 5) is 4.17. The maximum Gasteiger partial charge on any atom is 0.114 e. The lowest BCUT2D eigenvalue weighted by Crippen LogP contribution is -1.87. The van der Waals surface area contributed by atoms with Crippen LogP contribution in [0.3, 0.4) is 0 Å². The van der Waals surface area contributed by atoms with E-state index in [0.29, 0.717) is 5.88 Å². The zero-order valence-corrected chi connectivity index (χ0v) is 8.56. The second kappa shape index (κ2) is 4.58. The predicted octanol–water partition coefficient (Wildman–Crippen LogP) is 2.56. The van der Waals surface area contributed by atoms with Gasteiger partial charge in [0.15, 0.2) is 0 Å². The molecule has 1 aromatic rings. The second-order valence-corrected chi connectivity index (χ2v) is 2.67. The van der Waals surface area contributed by atoms with Crippen molar-refractivity contribution in [2.45, 2.75) is 5.88 Å². The van der Waals surface area contributed by atoms with Crippen molar-refractivity contribution in [2.24, 2.45) is 0 Å². The largest absolute Gasteiger partial charge is 0.243 e. The van der Waals surface area contributed by atoms with Crippen molar-refractivity contribution in [2.75, 3.05) is 0 Å². The van der Waals surface area contributed by atoms with E-state index in [1.807, 2.05) is 40.8 Å².